The first-order valence-corrected chi connectivity index (χ1v) is 6.12. The number of fused-ring (bicyclic) bond motifs is 1. The molecule has 4 nitrogen and oxygen atoms in total. The van der Waals surface area contributed by atoms with Gasteiger partial charge in [-0.2, -0.15) is 0 Å². The maximum Gasteiger partial charge on any atom is 0.122 e. The summed E-state index contributed by atoms with van der Waals surface area (Å²) in [6, 6.07) is 0. The number of nitrogens with zero attached hydrogens (tertiary/aromatic N) is 3. The van der Waals surface area contributed by atoms with E-state index in [1.165, 1.54) is 5.82 Å². The van der Waals surface area contributed by atoms with Crippen molar-refractivity contribution in [3.05, 3.63) is 18.2 Å². The first kappa shape index (κ1) is 11.6. The normalized spacial score (nSPS) is 20.4. The predicted octanol–water partition coefficient (Wildman–Crippen LogP) is 1.22. The number of imidazole rings is 1. The molecule has 2 rings (SSSR count). The van der Waals surface area contributed by atoms with Gasteiger partial charge in [-0.25, -0.2) is 4.98 Å². The number of rotatable bonds is 4. The average Bonchev–Trinajstić information content (AvgIpc) is 2.63. The first-order valence-electron chi connectivity index (χ1n) is 6.12. The lowest BCUT2D eigenvalue weighted by atomic mass is 9.96. The highest BCUT2D eigenvalue weighted by atomic mass is 15.2. The minimum absolute atomic E-state index is 0.0660. The summed E-state index contributed by atoms with van der Waals surface area (Å²) >= 11 is 0. The molecule has 1 aromatic heterocycles. The molecule has 0 radical (unpaired) electrons. The van der Waals surface area contributed by atoms with Gasteiger partial charge < -0.3 is 10.3 Å². The van der Waals surface area contributed by atoms with Gasteiger partial charge in [-0.1, -0.05) is 13.3 Å². The van der Waals surface area contributed by atoms with E-state index < -0.39 is 0 Å². The molecule has 16 heavy (non-hydrogen) atoms. The summed E-state index contributed by atoms with van der Waals surface area (Å²) in [5, 5.41) is 0. The Labute approximate surface area is 97.4 Å². The van der Waals surface area contributed by atoms with Crippen molar-refractivity contribution in [2.75, 3.05) is 13.1 Å². The molecule has 2 N–H and O–H groups in total. The molecule has 1 atom stereocenters. The fourth-order valence-corrected chi connectivity index (χ4v) is 2.52. The Balaban J connectivity index is 1.94. The lowest BCUT2D eigenvalue weighted by Gasteiger charge is -2.34. The summed E-state index contributed by atoms with van der Waals surface area (Å²) in [6.45, 7) is 8.36. The van der Waals surface area contributed by atoms with Crippen LogP contribution in [0.25, 0.3) is 0 Å². The van der Waals surface area contributed by atoms with Crippen molar-refractivity contribution >= 4 is 0 Å². The molecule has 0 aliphatic carbocycles. The molecule has 0 bridgehead atoms. The topological polar surface area (TPSA) is 47.1 Å². The predicted molar refractivity (Wildman–Crippen MR) is 65.0 cm³/mol. The van der Waals surface area contributed by atoms with E-state index >= 15 is 0 Å². The van der Waals surface area contributed by atoms with Gasteiger partial charge in [0.25, 0.3) is 0 Å². The third-order valence-electron chi connectivity index (χ3n) is 3.23. The molecule has 0 saturated carbocycles. The van der Waals surface area contributed by atoms with E-state index in [1.807, 2.05) is 6.20 Å². The van der Waals surface area contributed by atoms with Gasteiger partial charge in [0.05, 0.1) is 6.54 Å². The Bertz CT molecular complexity index is 343. The van der Waals surface area contributed by atoms with Crippen LogP contribution in [0.1, 0.15) is 32.5 Å². The van der Waals surface area contributed by atoms with Crippen LogP contribution < -0.4 is 5.73 Å². The molecule has 1 unspecified atom stereocenters. The summed E-state index contributed by atoms with van der Waals surface area (Å²) in [5.74, 6) is 1.17. The summed E-state index contributed by atoms with van der Waals surface area (Å²) in [7, 11) is 0. The van der Waals surface area contributed by atoms with Gasteiger partial charge in [-0.3, -0.25) is 4.90 Å². The highest BCUT2D eigenvalue weighted by Gasteiger charge is 2.24. The minimum Gasteiger partial charge on any atom is -0.333 e. The molecule has 0 spiro atoms. The van der Waals surface area contributed by atoms with Crippen molar-refractivity contribution in [3.63, 3.8) is 0 Å². The van der Waals surface area contributed by atoms with Crippen LogP contribution in [0, 0.1) is 0 Å². The summed E-state index contributed by atoms with van der Waals surface area (Å²) in [4.78, 5) is 6.78. The van der Waals surface area contributed by atoms with Crippen LogP contribution in [0.5, 0.6) is 0 Å². The van der Waals surface area contributed by atoms with Crippen molar-refractivity contribution in [1.29, 1.82) is 0 Å². The molecule has 0 fully saturated rings. The van der Waals surface area contributed by atoms with Gasteiger partial charge in [0, 0.05) is 37.6 Å². The van der Waals surface area contributed by atoms with Crippen molar-refractivity contribution in [2.24, 2.45) is 5.73 Å². The van der Waals surface area contributed by atoms with E-state index in [2.05, 4.69) is 34.5 Å². The van der Waals surface area contributed by atoms with Crippen molar-refractivity contribution in [3.8, 4) is 0 Å². The van der Waals surface area contributed by atoms with Crippen LogP contribution >= 0.6 is 0 Å². The molecule has 0 aromatic carbocycles. The smallest absolute Gasteiger partial charge is 0.122 e. The molecule has 1 aliphatic heterocycles. The van der Waals surface area contributed by atoms with Crippen LogP contribution in [-0.4, -0.2) is 33.1 Å². The summed E-state index contributed by atoms with van der Waals surface area (Å²) in [5.41, 5.74) is 6.22. The third kappa shape index (κ3) is 2.62. The van der Waals surface area contributed by atoms with E-state index in [0.717, 1.165) is 39.0 Å². The van der Waals surface area contributed by atoms with E-state index in [4.69, 9.17) is 5.73 Å². The maximum absolute atomic E-state index is 6.28. The average molecular weight is 222 g/mol. The monoisotopic (exact) mass is 222 g/mol. The Hall–Kier alpha value is -0.870. The van der Waals surface area contributed by atoms with Crippen LogP contribution in [0.3, 0.4) is 0 Å². The van der Waals surface area contributed by atoms with Crippen LogP contribution in [0.15, 0.2) is 12.4 Å². The minimum atomic E-state index is -0.0660. The van der Waals surface area contributed by atoms with Crippen molar-refractivity contribution < 1.29 is 0 Å². The zero-order valence-electron chi connectivity index (χ0n) is 10.3. The zero-order valence-corrected chi connectivity index (χ0v) is 10.3. The molecule has 0 saturated heterocycles. The lowest BCUT2D eigenvalue weighted by Crippen LogP contribution is -2.49. The second-order valence-electron chi connectivity index (χ2n) is 5.15. The Morgan fingerprint density at radius 2 is 2.31 bits per heavy atom. The Kier molecular flexibility index (Phi) is 3.30. The van der Waals surface area contributed by atoms with Crippen molar-refractivity contribution in [1.82, 2.24) is 14.5 Å². The fourth-order valence-electron chi connectivity index (χ4n) is 2.52. The number of hydrogen-bond acceptors (Lipinski definition) is 3. The fraction of sp³-hybridized carbons (Fsp3) is 0.750. The van der Waals surface area contributed by atoms with Crippen LogP contribution in [-0.2, 0) is 13.1 Å². The van der Waals surface area contributed by atoms with Gasteiger partial charge in [-0.15, -0.1) is 0 Å². The molecule has 1 aliphatic rings. The number of nitrogens with two attached hydrogens (primary N) is 1. The van der Waals surface area contributed by atoms with E-state index in [9.17, 15) is 0 Å². The summed E-state index contributed by atoms with van der Waals surface area (Å²) < 4.78 is 2.23. The zero-order chi connectivity index (χ0) is 11.6. The number of aromatic nitrogens is 2. The van der Waals surface area contributed by atoms with Gasteiger partial charge in [0.15, 0.2) is 0 Å². The SMILES string of the molecule is CCCC(C)(N)CN1CCn2ccnc2C1. The Morgan fingerprint density at radius 1 is 1.50 bits per heavy atom. The second-order valence-corrected chi connectivity index (χ2v) is 5.15. The molecule has 90 valence electrons. The molecule has 2 heterocycles. The van der Waals surface area contributed by atoms with Gasteiger partial charge in [0.1, 0.15) is 5.82 Å². The number of hydrogen-bond donors (Lipinski definition) is 1. The maximum atomic E-state index is 6.28. The van der Waals surface area contributed by atoms with E-state index in [-0.39, 0.29) is 5.54 Å². The highest BCUT2D eigenvalue weighted by molar-refractivity contribution is 4.96. The lowest BCUT2D eigenvalue weighted by molar-refractivity contribution is 0.169. The first-order chi connectivity index (χ1) is 7.61. The molecule has 1 aromatic rings. The van der Waals surface area contributed by atoms with Crippen LogP contribution in [0.4, 0.5) is 0 Å². The highest BCUT2D eigenvalue weighted by Crippen LogP contribution is 2.15. The molecule has 4 heteroatoms. The van der Waals surface area contributed by atoms with Crippen molar-refractivity contribution in [2.45, 2.75) is 45.3 Å². The standard InChI is InChI=1S/C12H22N4/c1-3-4-12(2,13)10-15-7-8-16-6-5-14-11(16)9-15/h5-6H,3-4,7-10,13H2,1-2H3. The van der Waals surface area contributed by atoms with Crippen LogP contribution in [0.2, 0.25) is 0 Å². The Morgan fingerprint density at radius 3 is 3.06 bits per heavy atom. The van der Waals surface area contributed by atoms with Gasteiger partial charge in [-0.05, 0) is 13.3 Å². The van der Waals surface area contributed by atoms with E-state index in [0.29, 0.717) is 0 Å². The quantitative estimate of drug-likeness (QED) is 0.833. The van der Waals surface area contributed by atoms with E-state index in [1.54, 1.807) is 0 Å². The molecular weight excluding hydrogens is 200 g/mol. The second kappa shape index (κ2) is 4.55. The third-order valence-corrected chi connectivity index (χ3v) is 3.23. The molecule has 0 amide bonds. The van der Waals surface area contributed by atoms with Gasteiger partial charge >= 0.3 is 0 Å². The van der Waals surface area contributed by atoms with Gasteiger partial charge in [0.2, 0.25) is 0 Å². The molecular formula is C12H22N4. The largest absolute Gasteiger partial charge is 0.333 e. The summed E-state index contributed by atoms with van der Waals surface area (Å²) in [6.07, 6.45) is 6.17.